The van der Waals surface area contributed by atoms with Gasteiger partial charge in [0, 0.05) is 19.5 Å². The van der Waals surface area contributed by atoms with Crippen LogP contribution < -0.4 is 5.32 Å². The van der Waals surface area contributed by atoms with Crippen molar-refractivity contribution >= 4 is 23.7 Å². The van der Waals surface area contributed by atoms with Crippen LogP contribution in [0.3, 0.4) is 0 Å². The Morgan fingerprint density at radius 3 is 2.49 bits per heavy atom. The summed E-state index contributed by atoms with van der Waals surface area (Å²) < 4.78 is 12.8. The molecule has 262 valence electrons. The number of aliphatic hydroxyl groups is 1. The molecule has 3 amide bonds. The number of hydrogen-bond acceptors (Lipinski definition) is 7. The van der Waals surface area contributed by atoms with E-state index in [1.165, 1.54) is 4.90 Å². The monoisotopic (exact) mass is 671 g/mol. The molecule has 2 aromatic carbocycles. The second-order valence-electron chi connectivity index (χ2n) is 13.2. The third-order valence-corrected chi connectivity index (χ3v) is 10.1. The van der Waals surface area contributed by atoms with Crippen LogP contribution in [0.1, 0.15) is 62.7 Å². The largest absolute Gasteiger partial charge is 0.455 e. The van der Waals surface area contributed by atoms with E-state index < -0.39 is 47.7 Å². The first-order chi connectivity index (χ1) is 23.8. The fraction of sp³-hybridized carbons (Fsp3) is 0.487. The van der Waals surface area contributed by atoms with Gasteiger partial charge in [-0.3, -0.25) is 19.2 Å². The van der Waals surface area contributed by atoms with Crippen LogP contribution in [0.4, 0.5) is 0 Å². The number of likely N-dealkylation sites (tertiary alicyclic amines) is 1. The summed E-state index contributed by atoms with van der Waals surface area (Å²) in [6.45, 7) is 10.0. The quantitative estimate of drug-likeness (QED) is 0.180. The minimum Gasteiger partial charge on any atom is -0.455 e. The number of amides is 3. The number of fused-ring (bicyclic) bond motifs is 1. The number of benzene rings is 2. The van der Waals surface area contributed by atoms with E-state index in [0.29, 0.717) is 44.3 Å². The number of carbonyl (C=O) groups is 4. The molecule has 1 spiro atoms. The third kappa shape index (κ3) is 7.50. The van der Waals surface area contributed by atoms with Gasteiger partial charge in [-0.05, 0) is 43.2 Å². The molecule has 3 aliphatic heterocycles. The Morgan fingerprint density at radius 2 is 1.84 bits per heavy atom. The standard InChI is InChI=1S/C39H49N3O7/c1-4-7-19-32(44)40-25-31(28-17-13-10-14-18-28)48-38(47)33-30-20-21-39(49-30)34(33)36(45)42(29(26-43)24-27-15-11-9-12-16-27)35(39)37(46)41(22-6-3)23-8-5-2/h4,6,9-18,29-31,33-35,43H,1,3,5,7-8,19-26H2,2H3,(H,40,44)/t29-,30+,31+,33-,34-,35+,39-/m1/s1. The topological polar surface area (TPSA) is 125 Å². The maximum atomic E-state index is 14.7. The van der Waals surface area contributed by atoms with Gasteiger partial charge >= 0.3 is 5.97 Å². The van der Waals surface area contributed by atoms with Gasteiger partial charge in [-0.25, -0.2) is 0 Å². The van der Waals surface area contributed by atoms with Gasteiger partial charge in [0.15, 0.2) is 0 Å². The molecule has 0 radical (unpaired) electrons. The maximum absolute atomic E-state index is 14.7. The lowest BCUT2D eigenvalue weighted by Crippen LogP contribution is -2.59. The summed E-state index contributed by atoms with van der Waals surface area (Å²) in [6, 6.07) is 16.9. The first kappa shape index (κ1) is 36.0. The number of nitrogens with one attached hydrogen (secondary N) is 1. The van der Waals surface area contributed by atoms with Gasteiger partial charge in [0.25, 0.3) is 0 Å². The summed E-state index contributed by atoms with van der Waals surface area (Å²) >= 11 is 0. The summed E-state index contributed by atoms with van der Waals surface area (Å²) in [5.74, 6) is -3.38. The highest BCUT2D eigenvalue weighted by Gasteiger charge is 2.75. The Morgan fingerprint density at radius 1 is 1.12 bits per heavy atom. The van der Waals surface area contributed by atoms with Crippen molar-refractivity contribution in [3.63, 3.8) is 0 Å². The molecular weight excluding hydrogens is 622 g/mol. The fourth-order valence-corrected chi connectivity index (χ4v) is 7.78. The number of allylic oxidation sites excluding steroid dienone is 1. The van der Waals surface area contributed by atoms with Crippen molar-refractivity contribution in [2.24, 2.45) is 11.8 Å². The van der Waals surface area contributed by atoms with E-state index in [0.717, 1.165) is 18.4 Å². The number of aliphatic hydroxyl groups excluding tert-OH is 1. The zero-order chi connectivity index (χ0) is 35.0. The predicted octanol–water partition coefficient (Wildman–Crippen LogP) is 4.15. The highest BCUT2D eigenvalue weighted by Crippen LogP contribution is 2.59. The lowest BCUT2D eigenvalue weighted by molar-refractivity contribution is -0.161. The summed E-state index contributed by atoms with van der Waals surface area (Å²) in [5, 5.41) is 13.6. The second-order valence-corrected chi connectivity index (χ2v) is 13.2. The molecule has 10 heteroatoms. The van der Waals surface area contributed by atoms with E-state index >= 15 is 0 Å². The predicted molar refractivity (Wildman–Crippen MR) is 185 cm³/mol. The molecule has 0 saturated carbocycles. The zero-order valence-corrected chi connectivity index (χ0v) is 28.4. The van der Waals surface area contributed by atoms with Crippen LogP contribution in [-0.2, 0) is 35.1 Å². The molecule has 3 fully saturated rings. The number of unbranched alkanes of at least 4 members (excludes halogenated alkanes) is 1. The van der Waals surface area contributed by atoms with E-state index in [2.05, 4.69) is 18.5 Å². The van der Waals surface area contributed by atoms with Gasteiger partial charge < -0.3 is 29.7 Å². The second kappa shape index (κ2) is 16.4. The van der Waals surface area contributed by atoms with Crippen LogP contribution in [0.25, 0.3) is 0 Å². The number of carbonyl (C=O) groups excluding carboxylic acids is 4. The minimum atomic E-state index is -1.25. The lowest BCUT2D eigenvalue weighted by atomic mass is 9.70. The molecule has 0 aliphatic carbocycles. The van der Waals surface area contributed by atoms with Crippen molar-refractivity contribution in [2.45, 2.75) is 81.8 Å². The Bertz CT molecular complexity index is 1480. The van der Waals surface area contributed by atoms with Crippen molar-refractivity contribution in [3.05, 3.63) is 97.1 Å². The van der Waals surface area contributed by atoms with Crippen molar-refractivity contribution in [1.29, 1.82) is 0 Å². The Hall–Kier alpha value is -4.28. The zero-order valence-electron chi connectivity index (χ0n) is 28.4. The maximum Gasteiger partial charge on any atom is 0.313 e. The lowest BCUT2D eigenvalue weighted by Gasteiger charge is -2.39. The molecule has 0 unspecified atom stereocenters. The van der Waals surface area contributed by atoms with Crippen molar-refractivity contribution < 1.29 is 33.8 Å². The van der Waals surface area contributed by atoms with Crippen molar-refractivity contribution in [2.75, 3.05) is 26.2 Å². The SMILES string of the molecule is C=CCCC(=O)NC[C@H](OC(=O)[C@@H]1[C@@H]2CC[C@]3(O2)[C@H](C(=O)N(CC=C)CCCC)N([C@@H](CO)Cc2ccccc2)C(=O)[C@@H]13)c1ccccc1. The van der Waals surface area contributed by atoms with Gasteiger partial charge in [0.1, 0.15) is 17.7 Å². The molecule has 2 bridgehead atoms. The average molecular weight is 672 g/mol. The van der Waals surface area contributed by atoms with Crippen LogP contribution in [0, 0.1) is 11.8 Å². The molecule has 49 heavy (non-hydrogen) atoms. The summed E-state index contributed by atoms with van der Waals surface area (Å²) in [5.41, 5.74) is 0.357. The van der Waals surface area contributed by atoms with E-state index in [9.17, 15) is 24.3 Å². The van der Waals surface area contributed by atoms with Crippen LogP contribution in [0.2, 0.25) is 0 Å². The van der Waals surface area contributed by atoms with Crippen molar-refractivity contribution in [1.82, 2.24) is 15.1 Å². The van der Waals surface area contributed by atoms with Crippen molar-refractivity contribution in [3.8, 4) is 0 Å². The smallest absolute Gasteiger partial charge is 0.313 e. The van der Waals surface area contributed by atoms with Crippen LogP contribution >= 0.6 is 0 Å². The van der Waals surface area contributed by atoms with Gasteiger partial charge in [-0.1, -0.05) is 86.2 Å². The summed E-state index contributed by atoms with van der Waals surface area (Å²) in [4.78, 5) is 59.3. The summed E-state index contributed by atoms with van der Waals surface area (Å²) in [7, 11) is 0. The third-order valence-electron chi connectivity index (χ3n) is 10.1. The van der Waals surface area contributed by atoms with E-state index in [-0.39, 0.29) is 37.3 Å². The molecular formula is C39H49N3O7. The first-order valence-electron chi connectivity index (χ1n) is 17.5. The molecule has 5 rings (SSSR count). The first-order valence-corrected chi connectivity index (χ1v) is 17.5. The molecule has 2 aromatic rings. The highest BCUT2D eigenvalue weighted by atomic mass is 16.6. The number of hydrogen-bond donors (Lipinski definition) is 2. The molecule has 2 N–H and O–H groups in total. The fourth-order valence-electron chi connectivity index (χ4n) is 7.78. The Kier molecular flexibility index (Phi) is 12.1. The molecule has 3 saturated heterocycles. The van der Waals surface area contributed by atoms with Gasteiger partial charge in [0.05, 0.1) is 37.1 Å². The Balaban J connectivity index is 1.48. The molecule has 7 atom stereocenters. The molecule has 10 nitrogen and oxygen atoms in total. The minimum absolute atomic E-state index is 0.0541. The van der Waals surface area contributed by atoms with E-state index in [1.807, 2.05) is 67.6 Å². The van der Waals surface area contributed by atoms with Gasteiger partial charge in [0.2, 0.25) is 17.7 Å². The van der Waals surface area contributed by atoms with Crippen LogP contribution in [0.15, 0.2) is 86.0 Å². The van der Waals surface area contributed by atoms with Crippen LogP contribution in [-0.4, -0.2) is 88.6 Å². The number of ether oxygens (including phenoxy) is 2. The average Bonchev–Trinajstić information content (AvgIpc) is 3.77. The van der Waals surface area contributed by atoms with Gasteiger partial charge in [-0.2, -0.15) is 0 Å². The van der Waals surface area contributed by atoms with E-state index in [4.69, 9.17) is 9.47 Å². The number of nitrogens with zero attached hydrogens (tertiary/aromatic N) is 2. The van der Waals surface area contributed by atoms with Crippen LogP contribution in [0.5, 0.6) is 0 Å². The number of rotatable bonds is 18. The molecule has 3 heterocycles. The highest BCUT2D eigenvalue weighted by molar-refractivity contribution is 5.98. The number of esters is 1. The summed E-state index contributed by atoms with van der Waals surface area (Å²) in [6.07, 6.45) is 5.58. The molecule has 0 aromatic heterocycles. The van der Waals surface area contributed by atoms with Gasteiger partial charge in [-0.15, -0.1) is 13.2 Å². The Labute approximate surface area is 289 Å². The molecule has 3 aliphatic rings. The van der Waals surface area contributed by atoms with E-state index in [1.54, 1.807) is 17.1 Å². The normalized spacial score (nSPS) is 24.9.